The van der Waals surface area contributed by atoms with E-state index in [1.54, 1.807) is 30.3 Å². The monoisotopic (exact) mass is 874 g/mol. The minimum atomic E-state index is -1.68. The topological polar surface area (TPSA) is 246 Å². The smallest absolute Gasteiger partial charge is 0.415 e. The number of allylic oxidation sites excluding steroid dienone is 1. The molecule has 18 heteroatoms. The Balaban J connectivity index is 1.54. The lowest BCUT2D eigenvalue weighted by atomic mass is 9.55. The van der Waals surface area contributed by atoms with Crippen molar-refractivity contribution in [3.63, 3.8) is 0 Å². The molecule has 2 aliphatic carbocycles. The van der Waals surface area contributed by atoms with Crippen molar-refractivity contribution < 1.29 is 58.9 Å². The van der Waals surface area contributed by atoms with Crippen LogP contribution in [0.25, 0.3) is 0 Å². The summed E-state index contributed by atoms with van der Waals surface area (Å²) >= 11 is 0. The molecule has 1 amide bonds. The summed E-state index contributed by atoms with van der Waals surface area (Å²) in [6.45, 7) is 3.43. The molecule has 63 heavy (non-hydrogen) atoms. The summed E-state index contributed by atoms with van der Waals surface area (Å²) in [7, 11) is 0. The first kappa shape index (κ1) is 46.6. The average molecular weight is 875 g/mol. The lowest BCUT2D eigenvalue weighted by Gasteiger charge is -2.59. The molecular weight excluding hydrogens is 821 g/mol. The van der Waals surface area contributed by atoms with E-state index >= 15 is 0 Å². The van der Waals surface area contributed by atoms with Gasteiger partial charge in [-0.1, -0.05) is 30.1 Å². The molecule has 1 aliphatic heterocycles. The van der Waals surface area contributed by atoms with Gasteiger partial charge in [0, 0.05) is 61.9 Å². The van der Waals surface area contributed by atoms with Gasteiger partial charge >= 0.3 is 6.09 Å². The predicted molar refractivity (Wildman–Crippen MR) is 228 cm³/mol. The number of phenolic OH excluding ortho intramolecular Hbond substituents is 1. The Morgan fingerprint density at radius 3 is 2.25 bits per heavy atom. The molecular formula is C45H54N4O14. The number of rotatable bonds is 23. The van der Waals surface area contributed by atoms with E-state index in [0.29, 0.717) is 61.1 Å². The Bertz CT molecular complexity index is 2110. The lowest BCUT2D eigenvalue weighted by molar-refractivity contribution is -0.385. The van der Waals surface area contributed by atoms with E-state index in [1.165, 1.54) is 47.4 Å². The van der Waals surface area contributed by atoms with Gasteiger partial charge in [-0.05, 0) is 91.1 Å². The number of carbonyl (C=O) groups excluding carboxylic acids is 1. The zero-order valence-corrected chi connectivity index (χ0v) is 34.9. The highest BCUT2D eigenvalue weighted by Gasteiger charge is 2.65. The molecule has 0 aromatic heterocycles. The Hall–Kier alpha value is -5.92. The average Bonchev–Trinajstić information content (AvgIpc) is 3.27. The summed E-state index contributed by atoms with van der Waals surface area (Å²) < 4.78 is 25.6. The van der Waals surface area contributed by atoms with Crippen LogP contribution < -0.4 is 9.47 Å². The summed E-state index contributed by atoms with van der Waals surface area (Å²) in [5.74, 6) is -2.55. The Morgan fingerprint density at radius 1 is 0.921 bits per heavy atom. The number of carbonyl (C=O) groups is 1. The van der Waals surface area contributed by atoms with E-state index in [0.717, 1.165) is 5.57 Å². The second-order valence-electron chi connectivity index (χ2n) is 15.6. The highest BCUT2D eigenvalue weighted by molar-refractivity contribution is 6.03. The van der Waals surface area contributed by atoms with Crippen LogP contribution in [0.15, 0.2) is 96.2 Å². The van der Waals surface area contributed by atoms with Gasteiger partial charge in [0.25, 0.3) is 11.4 Å². The van der Waals surface area contributed by atoms with Gasteiger partial charge in [0.2, 0.25) is 5.79 Å². The lowest BCUT2D eigenvalue weighted by Crippen LogP contribution is -2.70. The molecule has 0 spiro atoms. The first-order valence-corrected chi connectivity index (χ1v) is 21.1. The van der Waals surface area contributed by atoms with E-state index < -0.39 is 39.6 Å². The number of aliphatic hydroxyl groups is 3. The number of phenols is 1. The zero-order chi connectivity index (χ0) is 44.9. The molecule has 3 aromatic rings. The number of fused-ring (bicyclic) bond motifs is 2. The molecule has 338 valence electrons. The van der Waals surface area contributed by atoms with Crippen molar-refractivity contribution >= 4 is 23.2 Å². The highest BCUT2D eigenvalue weighted by atomic mass is 16.7. The Kier molecular flexibility index (Phi) is 16.2. The zero-order valence-electron chi connectivity index (χ0n) is 34.9. The molecule has 1 fully saturated rings. The number of aromatic hydroxyl groups is 1. The molecule has 3 aliphatic rings. The number of nitrogens with zero attached hydrogens (tertiary/aromatic N) is 4. The summed E-state index contributed by atoms with van der Waals surface area (Å²) in [6.07, 6.45) is 6.72. The van der Waals surface area contributed by atoms with Crippen LogP contribution in [0.4, 0.5) is 16.2 Å². The molecule has 0 radical (unpaired) electrons. The quantitative estimate of drug-likeness (QED) is 0.0342. The minimum Gasteiger partial charge on any atom is -0.508 e. The third-order valence-electron chi connectivity index (χ3n) is 11.8. The van der Waals surface area contributed by atoms with E-state index in [4.69, 9.17) is 28.9 Å². The normalized spacial score (nSPS) is 22.8. The Morgan fingerprint density at radius 2 is 1.60 bits per heavy atom. The van der Waals surface area contributed by atoms with Gasteiger partial charge in [-0.2, -0.15) is 0 Å². The van der Waals surface area contributed by atoms with E-state index in [-0.39, 0.29) is 93.9 Å². The minimum absolute atomic E-state index is 0.000876. The predicted octanol–water partition coefficient (Wildman–Crippen LogP) is 6.55. The number of amides is 1. The fourth-order valence-corrected chi connectivity index (χ4v) is 9.06. The Labute approximate surface area is 364 Å². The third-order valence-corrected chi connectivity index (χ3v) is 11.8. The van der Waals surface area contributed by atoms with Crippen LogP contribution in [0.1, 0.15) is 62.0 Å². The summed E-state index contributed by atoms with van der Waals surface area (Å²) in [5, 5.41) is 67.7. The van der Waals surface area contributed by atoms with Gasteiger partial charge < -0.3 is 44.2 Å². The number of hydrogen-bond acceptors (Lipinski definition) is 15. The summed E-state index contributed by atoms with van der Waals surface area (Å²) in [6, 6.07) is 14.8. The second kappa shape index (κ2) is 21.9. The number of nitro benzene ring substituents is 2. The van der Waals surface area contributed by atoms with Crippen LogP contribution in [0.2, 0.25) is 0 Å². The number of nitro groups is 2. The molecule has 0 unspecified atom stereocenters. The number of ether oxygens (including phenoxy) is 4. The van der Waals surface area contributed by atoms with Crippen LogP contribution in [0.3, 0.4) is 0 Å². The van der Waals surface area contributed by atoms with Crippen molar-refractivity contribution in [3.8, 4) is 17.2 Å². The molecule has 6 rings (SSSR count). The molecule has 4 N–H and O–H groups in total. The number of unbranched alkanes of at least 4 members (excludes halogenated alkanes) is 2. The largest absolute Gasteiger partial charge is 0.508 e. The number of benzene rings is 3. The van der Waals surface area contributed by atoms with Gasteiger partial charge in [-0.15, -0.1) is 6.58 Å². The third kappa shape index (κ3) is 10.8. The van der Waals surface area contributed by atoms with Crippen LogP contribution in [0.5, 0.6) is 17.2 Å². The van der Waals surface area contributed by atoms with Crippen molar-refractivity contribution in [2.75, 3.05) is 46.2 Å². The number of oxime groups is 1. The van der Waals surface area contributed by atoms with Gasteiger partial charge in [0.1, 0.15) is 29.9 Å². The fourth-order valence-electron chi connectivity index (χ4n) is 9.06. The van der Waals surface area contributed by atoms with Crippen LogP contribution >= 0.6 is 0 Å². The molecule has 1 saturated carbocycles. The maximum Gasteiger partial charge on any atom is 0.415 e. The van der Waals surface area contributed by atoms with Crippen LogP contribution in [0, 0.1) is 38.0 Å². The molecule has 18 nitrogen and oxygen atoms in total. The maximum absolute atomic E-state index is 14.7. The number of non-ortho nitro benzene ring substituents is 2. The van der Waals surface area contributed by atoms with E-state index in [2.05, 4.69) is 12.7 Å². The van der Waals surface area contributed by atoms with Crippen LogP contribution in [-0.4, -0.2) is 105 Å². The van der Waals surface area contributed by atoms with Crippen LogP contribution in [-0.2, 0) is 20.9 Å². The molecule has 1 heterocycles. The number of hydrogen-bond donors (Lipinski definition) is 4. The van der Waals surface area contributed by atoms with Crippen molar-refractivity contribution in [2.45, 2.75) is 69.3 Å². The second-order valence-corrected chi connectivity index (χ2v) is 15.6. The van der Waals surface area contributed by atoms with Gasteiger partial charge in [0.05, 0.1) is 47.9 Å². The summed E-state index contributed by atoms with van der Waals surface area (Å²) in [5.41, 5.74) is 2.22. The van der Waals surface area contributed by atoms with E-state index in [9.17, 15) is 45.4 Å². The first-order valence-electron chi connectivity index (χ1n) is 21.1. The van der Waals surface area contributed by atoms with Crippen molar-refractivity contribution in [1.82, 2.24) is 4.90 Å². The van der Waals surface area contributed by atoms with Crippen molar-refractivity contribution in [2.24, 2.45) is 22.9 Å². The molecule has 6 atom stereocenters. The number of aliphatic hydroxyl groups excluding tert-OH is 3. The van der Waals surface area contributed by atoms with Crippen molar-refractivity contribution in [1.29, 1.82) is 0 Å². The molecule has 0 saturated heterocycles. The SMILES string of the molecule is C=CCO[C@@]12Oc3ccc(O)cc3[C@H]3[C@H](CCCCO)[C@@H](CCCCO)C=C(C(=NOCc4ccc([N+](=O)[O-])cc4)C[C@@H]1N(CCOCCO)C(=O)Oc1ccc([N+](=O)[O-])cc1)[C@H]32. The van der Waals surface area contributed by atoms with E-state index in [1.807, 2.05) is 0 Å². The fraction of sp³-hybridized carbons (Fsp3) is 0.467. The van der Waals surface area contributed by atoms with Gasteiger partial charge in [-0.25, -0.2) is 4.79 Å². The van der Waals surface area contributed by atoms with Gasteiger partial charge in [0.15, 0.2) is 0 Å². The van der Waals surface area contributed by atoms with Crippen molar-refractivity contribution in [3.05, 3.63) is 122 Å². The summed E-state index contributed by atoms with van der Waals surface area (Å²) in [4.78, 5) is 43.8. The first-order chi connectivity index (χ1) is 30.5. The highest BCUT2D eigenvalue weighted by Crippen LogP contribution is 2.62. The molecule has 3 aromatic carbocycles. The molecule has 0 bridgehead atoms. The standard InChI is InChI=1S/C45H54N4O14/c1-2-23-60-45-41(47(19-24-59-25-22-52)44(54)62-35-16-13-33(14-17-35)49(57)58)28-39(46-61-29-30-9-11-32(12-10-30)48(55)56)37-26-31(7-3-5-20-50)36(8-4-6-21-51)42(43(37)45)38-27-34(53)15-18-40(38)63-45/h2,9-18,26-27,31,36,41-43,50-53H,1,3-8,19-25,28-29H2/t31-,36+,41-,42+,43+,45+/m0/s1. The van der Waals surface area contributed by atoms with Gasteiger partial charge in [-0.3, -0.25) is 25.1 Å². The maximum atomic E-state index is 14.7.